The van der Waals surface area contributed by atoms with Gasteiger partial charge in [0.1, 0.15) is 9.75 Å². The fourth-order valence-corrected chi connectivity index (χ4v) is 3.47. The van der Waals surface area contributed by atoms with E-state index >= 15 is 0 Å². The molecule has 1 heterocycles. The van der Waals surface area contributed by atoms with Crippen LogP contribution in [0.2, 0.25) is 0 Å². The number of rotatable bonds is 8. The molecular formula is C31H50Cl2O7. The van der Waals surface area contributed by atoms with E-state index in [1.54, 1.807) is 20.8 Å². The second kappa shape index (κ2) is 17.2. The summed E-state index contributed by atoms with van der Waals surface area (Å²) in [5.41, 5.74) is 1.77. The van der Waals surface area contributed by atoms with E-state index in [0.29, 0.717) is 24.9 Å². The number of halogens is 2. The van der Waals surface area contributed by atoms with Crippen molar-refractivity contribution in [1.82, 2.24) is 0 Å². The van der Waals surface area contributed by atoms with Crippen LogP contribution in [0.25, 0.3) is 0 Å². The van der Waals surface area contributed by atoms with Crippen LogP contribution in [0, 0.1) is 11.8 Å². The van der Waals surface area contributed by atoms with E-state index < -0.39 is 34.1 Å². The number of ether oxygens (including phenoxy) is 4. The lowest BCUT2D eigenvalue weighted by molar-refractivity contribution is -0.246. The van der Waals surface area contributed by atoms with Gasteiger partial charge in [-0.1, -0.05) is 78.8 Å². The molecule has 1 fully saturated rings. The summed E-state index contributed by atoms with van der Waals surface area (Å²) in [5, 5.41) is 0. The van der Waals surface area contributed by atoms with E-state index in [2.05, 4.69) is 55.8 Å². The Balaban J connectivity index is 0.000000639. The van der Waals surface area contributed by atoms with Crippen molar-refractivity contribution in [2.75, 3.05) is 13.7 Å². The summed E-state index contributed by atoms with van der Waals surface area (Å²) in [5.74, 6) is -1.11. The number of hydrogen-bond donors (Lipinski definition) is 0. The van der Waals surface area contributed by atoms with Crippen molar-refractivity contribution < 1.29 is 33.3 Å². The second-order valence-corrected chi connectivity index (χ2v) is 12.9. The van der Waals surface area contributed by atoms with Crippen LogP contribution in [0.5, 0.6) is 0 Å². The van der Waals surface area contributed by atoms with Crippen LogP contribution < -0.4 is 0 Å². The highest BCUT2D eigenvalue weighted by molar-refractivity contribution is 6.34. The van der Waals surface area contributed by atoms with Gasteiger partial charge in [-0.05, 0) is 50.0 Å². The van der Waals surface area contributed by atoms with Gasteiger partial charge in [0.05, 0.1) is 13.7 Å². The quantitative estimate of drug-likeness (QED) is 0.173. The van der Waals surface area contributed by atoms with Crippen molar-refractivity contribution in [3.8, 4) is 0 Å². The smallest absolute Gasteiger partial charge is 0.329 e. The molecular weight excluding hydrogens is 555 g/mol. The van der Waals surface area contributed by atoms with Gasteiger partial charge in [0.15, 0.2) is 6.10 Å². The van der Waals surface area contributed by atoms with Gasteiger partial charge in [-0.2, -0.15) is 0 Å². The van der Waals surface area contributed by atoms with Gasteiger partial charge in [-0.25, -0.2) is 0 Å². The molecule has 1 aliphatic rings. The van der Waals surface area contributed by atoms with Gasteiger partial charge in [0.25, 0.3) is 0 Å². The van der Waals surface area contributed by atoms with Crippen molar-refractivity contribution in [1.29, 1.82) is 0 Å². The molecule has 0 spiro atoms. The van der Waals surface area contributed by atoms with E-state index in [-0.39, 0.29) is 17.8 Å². The maximum atomic E-state index is 12.0. The van der Waals surface area contributed by atoms with Crippen molar-refractivity contribution in [2.45, 2.75) is 116 Å². The van der Waals surface area contributed by atoms with Crippen LogP contribution in [0.1, 0.15) is 94.1 Å². The minimum absolute atomic E-state index is 0.0358. The highest BCUT2D eigenvalue weighted by Gasteiger charge is 2.43. The molecule has 0 radical (unpaired) electrons. The number of benzene rings is 1. The largest absolute Gasteiger partial charge is 0.468 e. The monoisotopic (exact) mass is 604 g/mol. The number of methoxy groups -OCH3 is 1. The first-order chi connectivity index (χ1) is 18.4. The topological polar surface area (TPSA) is 88.1 Å². The molecule has 0 N–H and O–H groups in total. The highest BCUT2D eigenvalue weighted by atomic mass is 35.5. The predicted octanol–water partition coefficient (Wildman–Crippen LogP) is 7.44. The molecule has 0 saturated carbocycles. The average Bonchev–Trinajstić information content (AvgIpc) is 2.93. The third-order valence-electron chi connectivity index (χ3n) is 7.54. The van der Waals surface area contributed by atoms with Crippen LogP contribution >= 0.6 is 23.2 Å². The van der Waals surface area contributed by atoms with E-state index in [1.165, 1.54) is 26.0 Å². The summed E-state index contributed by atoms with van der Waals surface area (Å²) in [7, 11) is 1.33. The van der Waals surface area contributed by atoms with Crippen LogP contribution in [0.15, 0.2) is 30.3 Å². The molecule has 0 aliphatic carbocycles. The predicted molar refractivity (Wildman–Crippen MR) is 161 cm³/mol. The molecule has 0 amide bonds. The molecule has 1 saturated heterocycles. The minimum atomic E-state index is -1.10. The van der Waals surface area contributed by atoms with Crippen LogP contribution in [0.4, 0.5) is 0 Å². The first-order valence-corrected chi connectivity index (χ1v) is 14.7. The summed E-state index contributed by atoms with van der Waals surface area (Å²) in [4.78, 5) is 32.0. The van der Waals surface area contributed by atoms with Gasteiger partial charge in [0, 0.05) is 12.8 Å². The molecule has 40 heavy (non-hydrogen) atoms. The van der Waals surface area contributed by atoms with Gasteiger partial charge >= 0.3 is 17.9 Å². The fraction of sp³-hybridized carbons (Fsp3) is 0.710. The normalized spacial score (nSPS) is 23.4. The lowest BCUT2D eigenvalue weighted by atomic mass is 9.82. The van der Waals surface area contributed by atoms with Crippen LogP contribution in [-0.2, 0) is 38.7 Å². The Morgan fingerprint density at radius 3 is 1.77 bits per heavy atom. The van der Waals surface area contributed by atoms with E-state index in [1.807, 2.05) is 20.8 Å². The molecule has 6 atom stereocenters. The van der Waals surface area contributed by atoms with Gasteiger partial charge in [-0.3, -0.25) is 14.4 Å². The number of hydrogen-bond acceptors (Lipinski definition) is 7. The molecule has 1 aliphatic heterocycles. The van der Waals surface area contributed by atoms with E-state index in [9.17, 15) is 14.4 Å². The summed E-state index contributed by atoms with van der Waals surface area (Å²) in [6.07, 6.45) is 0.703. The zero-order valence-electron chi connectivity index (χ0n) is 26.1. The Morgan fingerprint density at radius 1 is 0.875 bits per heavy atom. The van der Waals surface area contributed by atoms with Gasteiger partial charge in [0.2, 0.25) is 6.29 Å². The standard InChI is InChI=1S/C14H23ClO5.C11H16.C6H11ClO2/c1-6-14(5,15)13(17)20-12-11(19-10(4)16)9(3)8(2)7-18-12;1-4-11(2,3)10-8-6-5-7-9-10;1-4-6(2,7)5(8)9-3/h8-9,11-12H,6-7H2,1-5H3;5-9H,4H2,1-3H3;4H2,1-3H3. The SMILES string of the molecule is CCC(C)(C)c1ccccc1.CCC(C)(Cl)C(=O)OC.CCC(C)(Cl)C(=O)OC1OCC(C)C(C)C1OC(C)=O. The van der Waals surface area contributed by atoms with E-state index in [4.69, 9.17) is 37.4 Å². The highest BCUT2D eigenvalue weighted by Crippen LogP contribution is 2.31. The summed E-state index contributed by atoms with van der Waals surface area (Å²) < 4.78 is 20.5. The first kappa shape index (κ1) is 38.2. The Labute approximate surface area is 251 Å². The lowest BCUT2D eigenvalue weighted by Crippen LogP contribution is -2.50. The zero-order chi connectivity index (χ0) is 31.3. The molecule has 7 nitrogen and oxygen atoms in total. The molecule has 1 aromatic carbocycles. The van der Waals surface area contributed by atoms with Crippen molar-refractivity contribution in [2.24, 2.45) is 11.8 Å². The number of carbonyl (C=O) groups is 3. The Morgan fingerprint density at radius 2 is 1.38 bits per heavy atom. The molecule has 0 bridgehead atoms. The number of esters is 3. The number of carbonyl (C=O) groups excluding carboxylic acids is 3. The second-order valence-electron chi connectivity index (χ2n) is 11.2. The van der Waals surface area contributed by atoms with Gasteiger partial charge in [-0.15, -0.1) is 23.2 Å². The summed E-state index contributed by atoms with van der Waals surface area (Å²) >= 11 is 11.8. The maximum absolute atomic E-state index is 12.0. The number of alkyl halides is 2. The van der Waals surface area contributed by atoms with Crippen molar-refractivity contribution >= 4 is 41.1 Å². The molecule has 9 heteroatoms. The minimum Gasteiger partial charge on any atom is -0.468 e. The molecule has 230 valence electrons. The van der Waals surface area contributed by atoms with Crippen LogP contribution in [0.3, 0.4) is 0 Å². The Bertz CT molecular complexity index is 916. The van der Waals surface area contributed by atoms with Crippen LogP contribution in [-0.4, -0.2) is 53.8 Å². The van der Waals surface area contributed by atoms with Crippen molar-refractivity contribution in [3.63, 3.8) is 0 Å². The third-order valence-corrected chi connectivity index (χ3v) is 8.38. The molecule has 2 rings (SSSR count). The Hall–Kier alpha value is -1.83. The maximum Gasteiger partial charge on any atom is 0.329 e. The third kappa shape index (κ3) is 12.4. The van der Waals surface area contributed by atoms with E-state index in [0.717, 1.165) is 0 Å². The fourth-order valence-electron chi connectivity index (χ4n) is 3.34. The average molecular weight is 606 g/mol. The van der Waals surface area contributed by atoms with Crippen molar-refractivity contribution in [3.05, 3.63) is 35.9 Å². The zero-order valence-corrected chi connectivity index (χ0v) is 27.7. The summed E-state index contributed by atoms with van der Waals surface area (Å²) in [6, 6.07) is 10.7. The Kier molecular flexibility index (Phi) is 16.4. The summed E-state index contributed by atoms with van der Waals surface area (Å²) in [6.45, 7) is 19.4. The molecule has 1 aromatic rings. The van der Waals surface area contributed by atoms with Gasteiger partial charge < -0.3 is 18.9 Å². The molecule has 6 unspecified atom stereocenters. The first-order valence-electron chi connectivity index (χ1n) is 13.9. The molecule has 0 aromatic heterocycles. The lowest BCUT2D eigenvalue weighted by Gasteiger charge is -2.39.